The molecule has 0 saturated heterocycles. The summed E-state index contributed by atoms with van der Waals surface area (Å²) >= 11 is -3.17. The normalized spacial score (nSPS) is 11.4. The molecule has 7 nitrogen and oxygen atoms in total. The van der Waals surface area contributed by atoms with Gasteiger partial charge in [-0.05, 0) is 0 Å². The van der Waals surface area contributed by atoms with Crippen LogP contribution >= 0.6 is 20.2 Å². The van der Waals surface area contributed by atoms with Crippen molar-refractivity contribution in [2.24, 2.45) is 0 Å². The number of halogens is 1. The Bertz CT molecular complexity index is 1210. The minimum atomic E-state index is -4.09. The van der Waals surface area contributed by atoms with Crippen molar-refractivity contribution < 1.29 is 25.1 Å². The standard InChI is InChI=1S/C23H22INO6S/c1-16-5-11-20(12-6-16)32(26,27)31-24(18-9-7-17(15-25)8-10-18)23-21(29-3)13-19(28-2)14-22(23)30-4/h5-14H,1-4H3. The van der Waals surface area contributed by atoms with Crippen LogP contribution in [0.4, 0.5) is 0 Å². The summed E-state index contributed by atoms with van der Waals surface area (Å²) in [6.07, 6.45) is 0. The van der Waals surface area contributed by atoms with Gasteiger partial charge in [-0.2, -0.15) is 0 Å². The summed E-state index contributed by atoms with van der Waals surface area (Å²) in [7, 11) is 0.396. The van der Waals surface area contributed by atoms with Gasteiger partial charge in [0.25, 0.3) is 0 Å². The van der Waals surface area contributed by atoms with Crippen LogP contribution in [0.15, 0.2) is 65.6 Å². The number of ether oxygens (including phenoxy) is 3. The number of rotatable bonds is 8. The van der Waals surface area contributed by atoms with Crippen molar-refractivity contribution in [1.29, 1.82) is 5.26 Å². The van der Waals surface area contributed by atoms with Crippen molar-refractivity contribution in [1.82, 2.24) is 0 Å². The van der Waals surface area contributed by atoms with Crippen molar-refractivity contribution in [2.75, 3.05) is 21.3 Å². The van der Waals surface area contributed by atoms with Gasteiger partial charge in [0.1, 0.15) is 0 Å². The fourth-order valence-corrected chi connectivity index (χ4v) is 10.2. The molecule has 0 aromatic heterocycles. The Hall–Kier alpha value is -2.81. The average molecular weight is 567 g/mol. The van der Waals surface area contributed by atoms with E-state index in [4.69, 9.17) is 22.0 Å². The van der Waals surface area contributed by atoms with Crippen LogP contribution in [0.1, 0.15) is 11.1 Å². The molecule has 32 heavy (non-hydrogen) atoms. The zero-order valence-electron chi connectivity index (χ0n) is 18.0. The van der Waals surface area contributed by atoms with E-state index in [0.29, 0.717) is 30.0 Å². The monoisotopic (exact) mass is 567 g/mol. The molecule has 3 aromatic carbocycles. The molecule has 0 amide bonds. The first-order valence-electron chi connectivity index (χ1n) is 9.34. The van der Waals surface area contributed by atoms with E-state index in [1.165, 1.54) is 33.5 Å². The van der Waals surface area contributed by atoms with E-state index in [0.717, 1.165) is 5.56 Å². The molecule has 0 bridgehead atoms. The molecule has 3 aromatic rings. The van der Waals surface area contributed by atoms with Gasteiger partial charge in [0.15, 0.2) is 0 Å². The molecular weight excluding hydrogens is 545 g/mol. The van der Waals surface area contributed by atoms with Crippen molar-refractivity contribution in [2.45, 2.75) is 11.8 Å². The van der Waals surface area contributed by atoms with E-state index >= 15 is 0 Å². The fourth-order valence-electron chi connectivity index (χ4n) is 2.77. The summed E-state index contributed by atoms with van der Waals surface area (Å²) in [6, 6.07) is 18.5. The number of methoxy groups -OCH3 is 3. The Morgan fingerprint density at radius 2 is 1.41 bits per heavy atom. The quantitative estimate of drug-likeness (QED) is 0.363. The van der Waals surface area contributed by atoms with Gasteiger partial charge in [-0.15, -0.1) is 0 Å². The van der Waals surface area contributed by atoms with Crippen molar-refractivity contribution in [3.8, 4) is 23.3 Å². The molecular formula is C23H22INO6S. The summed E-state index contributed by atoms with van der Waals surface area (Å²) in [5, 5.41) is 9.15. The van der Waals surface area contributed by atoms with E-state index < -0.39 is 30.4 Å². The molecule has 3 rings (SSSR count). The third kappa shape index (κ3) is 5.15. The third-order valence-corrected chi connectivity index (χ3v) is 12.0. The maximum absolute atomic E-state index is 13.2. The fraction of sp³-hybridized carbons (Fsp3) is 0.174. The summed E-state index contributed by atoms with van der Waals surface area (Å²) in [4.78, 5) is 0.0606. The van der Waals surface area contributed by atoms with E-state index in [9.17, 15) is 8.42 Å². The van der Waals surface area contributed by atoms with Gasteiger partial charge in [0, 0.05) is 0 Å². The number of nitrogens with zero attached hydrogens (tertiary/aromatic N) is 1. The second-order valence-electron chi connectivity index (χ2n) is 6.54. The Kier molecular flexibility index (Phi) is 7.60. The van der Waals surface area contributed by atoms with Gasteiger partial charge in [-0.25, -0.2) is 0 Å². The second-order valence-corrected chi connectivity index (χ2v) is 12.9. The molecule has 0 spiro atoms. The van der Waals surface area contributed by atoms with Crippen molar-refractivity contribution in [3.05, 3.63) is 78.9 Å². The topological polar surface area (TPSA) is 94.9 Å². The van der Waals surface area contributed by atoms with Crippen LogP contribution in [-0.4, -0.2) is 29.7 Å². The van der Waals surface area contributed by atoms with Crippen LogP contribution in [0.25, 0.3) is 0 Å². The minimum absolute atomic E-state index is 0.0606. The van der Waals surface area contributed by atoms with Gasteiger partial charge in [0.05, 0.1) is 0 Å². The molecule has 9 heteroatoms. The summed E-state index contributed by atoms with van der Waals surface area (Å²) in [5.41, 5.74) is 1.39. The number of hydrogen-bond donors (Lipinski definition) is 0. The first-order chi connectivity index (χ1) is 15.3. The van der Waals surface area contributed by atoms with Crippen LogP contribution in [0.2, 0.25) is 0 Å². The molecule has 0 saturated carbocycles. The third-order valence-electron chi connectivity index (χ3n) is 4.45. The Balaban J connectivity index is 2.20. The van der Waals surface area contributed by atoms with E-state index in [-0.39, 0.29) is 4.90 Å². The molecule has 0 aliphatic rings. The first-order valence-corrected chi connectivity index (χ1v) is 13.8. The molecule has 0 unspecified atom stereocenters. The van der Waals surface area contributed by atoms with E-state index in [2.05, 4.69) is 6.07 Å². The molecule has 0 fully saturated rings. The van der Waals surface area contributed by atoms with Crippen molar-refractivity contribution >= 4 is 30.4 Å². The summed E-state index contributed by atoms with van der Waals surface area (Å²) in [6.45, 7) is 1.87. The van der Waals surface area contributed by atoms with Crippen molar-refractivity contribution in [3.63, 3.8) is 0 Å². The molecule has 0 aliphatic heterocycles. The second kappa shape index (κ2) is 10.2. The number of benzene rings is 3. The maximum atomic E-state index is 13.2. The Morgan fingerprint density at radius 1 is 0.844 bits per heavy atom. The van der Waals surface area contributed by atoms with Gasteiger partial charge in [-0.3, -0.25) is 0 Å². The number of aryl methyl sites for hydroxylation is 1. The van der Waals surface area contributed by atoms with E-state index in [1.807, 2.05) is 6.92 Å². The molecule has 0 heterocycles. The Labute approximate surface area is 195 Å². The molecule has 0 aliphatic carbocycles. The number of hydrogen-bond acceptors (Lipinski definition) is 7. The van der Waals surface area contributed by atoms with Crippen LogP contribution < -0.4 is 14.2 Å². The molecule has 0 radical (unpaired) electrons. The average Bonchev–Trinajstić information content (AvgIpc) is 2.82. The predicted octanol–water partition coefficient (Wildman–Crippen LogP) is 4.76. The zero-order chi connectivity index (χ0) is 23.3. The van der Waals surface area contributed by atoms with Gasteiger partial charge < -0.3 is 0 Å². The Morgan fingerprint density at radius 3 is 1.88 bits per heavy atom. The number of nitriles is 1. The van der Waals surface area contributed by atoms with Gasteiger partial charge in [0.2, 0.25) is 0 Å². The van der Waals surface area contributed by atoms with Gasteiger partial charge in [-0.1, -0.05) is 0 Å². The van der Waals surface area contributed by atoms with Crippen LogP contribution in [-0.2, 0) is 12.6 Å². The van der Waals surface area contributed by atoms with Crippen LogP contribution in [0.5, 0.6) is 17.2 Å². The molecule has 0 atom stereocenters. The first kappa shape index (κ1) is 23.8. The molecule has 0 N–H and O–H groups in total. The predicted molar refractivity (Wildman–Crippen MR) is 128 cm³/mol. The summed E-state index contributed by atoms with van der Waals surface area (Å²) in [5.74, 6) is 1.30. The van der Waals surface area contributed by atoms with E-state index in [1.54, 1.807) is 48.5 Å². The molecule has 168 valence electrons. The van der Waals surface area contributed by atoms with Gasteiger partial charge >= 0.3 is 196 Å². The van der Waals surface area contributed by atoms with Crippen LogP contribution in [0, 0.1) is 25.4 Å². The summed E-state index contributed by atoms with van der Waals surface area (Å²) < 4.78 is 50.0. The SMILES string of the molecule is COc1cc(OC)c(I(OS(=O)(=O)c2ccc(C)cc2)c2ccc(C#N)cc2)c(OC)c1. The van der Waals surface area contributed by atoms with Crippen LogP contribution in [0.3, 0.4) is 0 Å². The zero-order valence-corrected chi connectivity index (χ0v) is 20.9.